The second-order valence-electron chi connectivity index (χ2n) is 17.0. The van der Waals surface area contributed by atoms with E-state index in [1.165, 1.54) is 111 Å². The van der Waals surface area contributed by atoms with Gasteiger partial charge in [0.05, 0.1) is 33.4 Å². The van der Waals surface area contributed by atoms with Crippen LogP contribution in [0.25, 0.3) is 88.4 Å². The molecule has 0 saturated heterocycles. The molecule has 2 heteroatoms. The molecule has 0 atom stereocenters. The molecule has 0 fully saturated rings. The van der Waals surface area contributed by atoms with Crippen LogP contribution < -0.4 is 0 Å². The van der Waals surface area contributed by atoms with E-state index in [1.54, 1.807) is 0 Å². The van der Waals surface area contributed by atoms with E-state index in [1.807, 2.05) is 0 Å². The van der Waals surface area contributed by atoms with E-state index in [2.05, 4.69) is 207 Å². The fourth-order valence-electron chi connectivity index (χ4n) is 10.4. The molecule has 0 saturated carbocycles. The van der Waals surface area contributed by atoms with Gasteiger partial charge in [0.2, 0.25) is 0 Å². The van der Waals surface area contributed by atoms with Crippen molar-refractivity contribution in [1.29, 1.82) is 0 Å². The van der Waals surface area contributed by atoms with Crippen molar-refractivity contribution in [2.75, 3.05) is 0 Å². The van der Waals surface area contributed by atoms with E-state index in [4.69, 9.17) is 0 Å². The van der Waals surface area contributed by atoms with Crippen LogP contribution in [0.4, 0.5) is 0 Å². The lowest BCUT2D eigenvalue weighted by atomic mass is 9.74. The summed E-state index contributed by atoms with van der Waals surface area (Å²) in [5, 5.41) is 5.18. The maximum Gasteiger partial charge on any atom is 0.0582 e. The first-order valence-electron chi connectivity index (χ1n) is 19.9. The molecule has 2 nitrogen and oxygen atoms in total. The van der Waals surface area contributed by atoms with E-state index in [9.17, 15) is 0 Å². The molecule has 2 aromatic heterocycles. The standard InChI is InChI=1S/C54H40N2/c1-53(2)43-19-11-13-21-49(43)55-47-25-23-35(27-39(47)41-29-37(31-45(53)51(41)55)33-15-7-5-8-16-33)36-24-26-48-40(28-36)42-30-38(34-17-9-6-10-18-34)32-46-52(42)56(48)50-22-14-12-20-44(50)54(46,3)4/h5-32H,1-4H3. The van der Waals surface area contributed by atoms with Gasteiger partial charge < -0.3 is 9.13 Å². The number of benzene rings is 8. The molecule has 0 aliphatic carbocycles. The summed E-state index contributed by atoms with van der Waals surface area (Å²) in [6.45, 7) is 9.55. The Morgan fingerprint density at radius 2 is 0.679 bits per heavy atom. The SMILES string of the molecule is CC1(C)c2ccccc2-n2c3ccc(-c4ccc5c(c4)c4cc(-c6ccccc6)cc6c4n5-c4ccccc4C6(C)C)cc3c3cc(-c4ccccc4)cc1c32. The lowest BCUT2D eigenvalue weighted by molar-refractivity contribution is 0.630. The summed E-state index contributed by atoms with van der Waals surface area (Å²) in [5.74, 6) is 0. The van der Waals surface area contributed by atoms with Gasteiger partial charge in [-0.05, 0) is 116 Å². The smallest absolute Gasteiger partial charge is 0.0582 e. The van der Waals surface area contributed by atoms with Gasteiger partial charge in [-0.3, -0.25) is 0 Å². The second-order valence-corrected chi connectivity index (χ2v) is 17.0. The molecule has 0 spiro atoms. The van der Waals surface area contributed by atoms with Crippen LogP contribution in [0, 0.1) is 0 Å². The molecule has 0 N–H and O–H groups in total. The predicted octanol–water partition coefficient (Wildman–Crippen LogP) is 14.2. The molecular weight excluding hydrogens is 677 g/mol. The number of hydrogen-bond acceptors (Lipinski definition) is 0. The first-order valence-corrected chi connectivity index (χ1v) is 19.9. The van der Waals surface area contributed by atoms with Gasteiger partial charge in [-0.1, -0.05) is 137 Å². The average molecular weight is 717 g/mol. The van der Waals surface area contributed by atoms with E-state index in [0.29, 0.717) is 0 Å². The third-order valence-electron chi connectivity index (χ3n) is 13.3. The molecule has 10 aromatic rings. The quantitative estimate of drug-likeness (QED) is 0.172. The van der Waals surface area contributed by atoms with Crippen LogP contribution in [0.2, 0.25) is 0 Å². The summed E-state index contributed by atoms with van der Waals surface area (Å²) in [7, 11) is 0. The van der Waals surface area contributed by atoms with E-state index in [-0.39, 0.29) is 10.8 Å². The number of rotatable bonds is 3. The predicted molar refractivity (Wildman–Crippen MR) is 236 cm³/mol. The van der Waals surface area contributed by atoms with Crippen molar-refractivity contribution in [3.8, 4) is 44.8 Å². The highest BCUT2D eigenvalue weighted by Gasteiger charge is 2.37. The van der Waals surface area contributed by atoms with Crippen LogP contribution in [0.3, 0.4) is 0 Å². The summed E-state index contributed by atoms with van der Waals surface area (Å²) in [5.41, 5.74) is 20.3. The molecule has 266 valence electrons. The Hall–Kier alpha value is -6.64. The first-order chi connectivity index (χ1) is 27.3. The van der Waals surface area contributed by atoms with E-state index >= 15 is 0 Å². The first kappa shape index (κ1) is 31.7. The molecule has 0 radical (unpaired) electrons. The van der Waals surface area contributed by atoms with Crippen LogP contribution in [-0.2, 0) is 10.8 Å². The Bertz CT molecular complexity index is 3060. The minimum absolute atomic E-state index is 0.152. The fourth-order valence-corrected chi connectivity index (χ4v) is 10.4. The van der Waals surface area contributed by atoms with Crippen molar-refractivity contribution < 1.29 is 0 Å². The molecule has 2 aliphatic heterocycles. The molecule has 56 heavy (non-hydrogen) atoms. The Labute approximate surface area is 326 Å². The fraction of sp³-hybridized carbons (Fsp3) is 0.111. The molecular formula is C54H40N2. The number of aromatic nitrogens is 2. The normalized spacial score (nSPS) is 14.7. The summed E-state index contributed by atoms with van der Waals surface area (Å²) < 4.78 is 5.05. The van der Waals surface area contributed by atoms with Crippen LogP contribution in [0.15, 0.2) is 170 Å². The van der Waals surface area contributed by atoms with Gasteiger partial charge in [0.25, 0.3) is 0 Å². The molecule has 8 aromatic carbocycles. The number of para-hydroxylation sites is 2. The highest BCUT2D eigenvalue weighted by molar-refractivity contribution is 6.16. The minimum Gasteiger partial charge on any atom is -0.309 e. The zero-order valence-electron chi connectivity index (χ0n) is 32.1. The van der Waals surface area contributed by atoms with E-state index in [0.717, 1.165) is 0 Å². The maximum atomic E-state index is 2.53. The van der Waals surface area contributed by atoms with Crippen LogP contribution in [0.1, 0.15) is 49.9 Å². The molecule has 0 amide bonds. The van der Waals surface area contributed by atoms with Crippen molar-refractivity contribution in [1.82, 2.24) is 9.13 Å². The Morgan fingerprint density at radius 3 is 1.11 bits per heavy atom. The third kappa shape index (κ3) is 4.11. The van der Waals surface area contributed by atoms with Crippen molar-refractivity contribution in [2.24, 2.45) is 0 Å². The molecule has 2 aliphatic rings. The van der Waals surface area contributed by atoms with Gasteiger partial charge >= 0.3 is 0 Å². The number of nitrogens with zero attached hydrogens (tertiary/aromatic N) is 2. The lowest BCUT2D eigenvalue weighted by Crippen LogP contribution is -2.26. The van der Waals surface area contributed by atoms with Crippen molar-refractivity contribution >= 4 is 43.6 Å². The Kier molecular flexibility index (Phi) is 6.22. The summed E-state index contributed by atoms with van der Waals surface area (Å²) in [6, 6.07) is 63.7. The van der Waals surface area contributed by atoms with Crippen molar-refractivity contribution in [2.45, 2.75) is 38.5 Å². The second kappa shape index (κ2) is 11.0. The van der Waals surface area contributed by atoms with Gasteiger partial charge in [0, 0.05) is 32.4 Å². The summed E-state index contributed by atoms with van der Waals surface area (Å²) >= 11 is 0. The minimum atomic E-state index is -0.152. The van der Waals surface area contributed by atoms with Crippen LogP contribution in [-0.4, -0.2) is 9.13 Å². The summed E-state index contributed by atoms with van der Waals surface area (Å²) in [4.78, 5) is 0. The van der Waals surface area contributed by atoms with Gasteiger partial charge in [-0.25, -0.2) is 0 Å². The number of hydrogen-bond donors (Lipinski definition) is 0. The van der Waals surface area contributed by atoms with Crippen molar-refractivity contribution in [3.63, 3.8) is 0 Å². The molecule has 12 rings (SSSR count). The molecule has 4 heterocycles. The highest BCUT2D eigenvalue weighted by Crippen LogP contribution is 2.51. The summed E-state index contributed by atoms with van der Waals surface area (Å²) in [6.07, 6.45) is 0. The maximum absolute atomic E-state index is 2.53. The molecule has 0 unspecified atom stereocenters. The van der Waals surface area contributed by atoms with Crippen LogP contribution >= 0.6 is 0 Å². The van der Waals surface area contributed by atoms with Crippen molar-refractivity contribution in [3.05, 3.63) is 192 Å². The Balaban J connectivity index is 1.14. The molecule has 0 bridgehead atoms. The average Bonchev–Trinajstić information content (AvgIpc) is 3.75. The van der Waals surface area contributed by atoms with E-state index < -0.39 is 0 Å². The monoisotopic (exact) mass is 716 g/mol. The largest absolute Gasteiger partial charge is 0.309 e. The highest BCUT2D eigenvalue weighted by atomic mass is 15.0. The third-order valence-corrected chi connectivity index (χ3v) is 13.3. The lowest BCUT2D eigenvalue weighted by Gasteiger charge is -2.35. The van der Waals surface area contributed by atoms with Crippen LogP contribution in [0.5, 0.6) is 0 Å². The van der Waals surface area contributed by atoms with Gasteiger partial charge in [0.15, 0.2) is 0 Å². The number of fused-ring (bicyclic) bond motifs is 10. The topological polar surface area (TPSA) is 9.86 Å². The van der Waals surface area contributed by atoms with Gasteiger partial charge in [-0.15, -0.1) is 0 Å². The van der Waals surface area contributed by atoms with Gasteiger partial charge in [0.1, 0.15) is 0 Å². The Morgan fingerprint density at radius 1 is 0.304 bits per heavy atom. The zero-order valence-corrected chi connectivity index (χ0v) is 32.1. The van der Waals surface area contributed by atoms with Gasteiger partial charge in [-0.2, -0.15) is 0 Å². The zero-order chi connectivity index (χ0) is 37.5.